The van der Waals surface area contributed by atoms with Crippen LogP contribution in [0.2, 0.25) is 0 Å². The lowest BCUT2D eigenvalue weighted by Gasteiger charge is -1.98. The molecule has 0 saturated heterocycles. The quantitative estimate of drug-likeness (QED) is 0.481. The number of esters is 1. The maximum atomic E-state index is 10.1. The first kappa shape index (κ1) is 8.44. The lowest BCUT2D eigenvalue weighted by molar-refractivity contribution is -0.140. The van der Waals surface area contributed by atoms with Crippen LogP contribution in [0.4, 0.5) is 0 Å². The lowest BCUT2D eigenvalue weighted by atomic mass is 10.5. The van der Waals surface area contributed by atoms with Crippen LogP contribution in [0.5, 0.6) is 0 Å². The smallest absolute Gasteiger partial charge is 0.302 e. The highest BCUT2D eigenvalue weighted by Crippen LogP contribution is 1.96. The van der Waals surface area contributed by atoms with Gasteiger partial charge < -0.3 is 4.74 Å². The molecule has 0 aliphatic heterocycles. The Morgan fingerprint density at radius 1 is 2.00 bits per heavy atom. The summed E-state index contributed by atoms with van der Waals surface area (Å²) in [6.45, 7) is 1.42. The number of hydrogen-bond donors (Lipinski definition) is 0. The van der Waals surface area contributed by atoms with Gasteiger partial charge in [0.2, 0.25) is 0 Å². The maximum Gasteiger partial charge on any atom is 0.302 e. The van der Waals surface area contributed by atoms with E-state index in [4.69, 9.17) is 5.26 Å². The average molecular weight is 192 g/mol. The molecule has 1 unspecified atom stereocenters. The van der Waals surface area contributed by atoms with Crippen molar-refractivity contribution in [3.8, 4) is 6.07 Å². The van der Waals surface area contributed by atoms with Crippen molar-refractivity contribution in [2.45, 2.75) is 11.8 Å². The molecule has 0 amide bonds. The highest BCUT2D eigenvalue weighted by molar-refractivity contribution is 9.09. The van der Waals surface area contributed by atoms with Gasteiger partial charge in [-0.3, -0.25) is 4.79 Å². The van der Waals surface area contributed by atoms with Gasteiger partial charge >= 0.3 is 5.97 Å². The largest absolute Gasteiger partial charge is 0.464 e. The number of hydrogen-bond acceptors (Lipinski definition) is 3. The van der Waals surface area contributed by atoms with E-state index in [1.54, 1.807) is 0 Å². The third-order valence-electron chi connectivity index (χ3n) is 0.573. The molecule has 4 heteroatoms. The predicted molar refractivity (Wildman–Crippen MR) is 35.0 cm³/mol. The second-order valence-electron chi connectivity index (χ2n) is 1.40. The van der Waals surface area contributed by atoms with Crippen LogP contribution in [0.25, 0.3) is 0 Å². The standard InChI is InChI=1S/C5H6BrNO2/c1-4(8)9-3-5(6)2-7/h5H,3H2,1H3. The van der Waals surface area contributed by atoms with Gasteiger partial charge in [0.05, 0.1) is 6.07 Å². The van der Waals surface area contributed by atoms with E-state index in [-0.39, 0.29) is 17.4 Å². The summed E-state index contributed by atoms with van der Waals surface area (Å²) in [6.07, 6.45) is 0. The molecule has 0 N–H and O–H groups in total. The van der Waals surface area contributed by atoms with Crippen molar-refractivity contribution >= 4 is 21.9 Å². The molecule has 0 aromatic rings. The molecule has 0 aromatic heterocycles. The highest BCUT2D eigenvalue weighted by Gasteiger charge is 2.01. The molecule has 0 aromatic carbocycles. The zero-order valence-electron chi connectivity index (χ0n) is 4.93. The summed E-state index contributed by atoms with van der Waals surface area (Å²) >= 11 is 2.97. The van der Waals surface area contributed by atoms with Crippen LogP contribution in [0.3, 0.4) is 0 Å². The van der Waals surface area contributed by atoms with Crippen LogP contribution in [0.15, 0.2) is 0 Å². The van der Waals surface area contributed by atoms with Gasteiger partial charge in [0, 0.05) is 6.92 Å². The monoisotopic (exact) mass is 191 g/mol. The Morgan fingerprint density at radius 3 is 2.89 bits per heavy atom. The van der Waals surface area contributed by atoms with E-state index in [1.165, 1.54) is 6.92 Å². The van der Waals surface area contributed by atoms with E-state index < -0.39 is 0 Å². The third kappa shape index (κ3) is 5.31. The summed E-state index contributed by atoms with van der Waals surface area (Å²) in [5.74, 6) is -0.366. The molecule has 50 valence electrons. The van der Waals surface area contributed by atoms with Gasteiger partial charge in [0.25, 0.3) is 0 Å². The van der Waals surface area contributed by atoms with Crippen molar-refractivity contribution < 1.29 is 9.53 Å². The van der Waals surface area contributed by atoms with Gasteiger partial charge in [-0.15, -0.1) is 0 Å². The Hall–Kier alpha value is -0.560. The Kier molecular flexibility index (Phi) is 4.06. The SMILES string of the molecule is CC(=O)OCC(Br)C#N. The van der Waals surface area contributed by atoms with E-state index in [1.807, 2.05) is 6.07 Å². The molecule has 1 atom stereocenters. The Bertz CT molecular complexity index is 140. The molecular weight excluding hydrogens is 186 g/mol. The van der Waals surface area contributed by atoms with Crippen molar-refractivity contribution in [2.75, 3.05) is 6.61 Å². The van der Waals surface area contributed by atoms with Gasteiger partial charge in [-0.1, -0.05) is 15.9 Å². The van der Waals surface area contributed by atoms with Crippen LogP contribution >= 0.6 is 15.9 Å². The number of rotatable bonds is 2. The summed E-state index contributed by atoms with van der Waals surface area (Å²) in [5.41, 5.74) is 0. The molecular formula is C5H6BrNO2. The number of ether oxygens (including phenoxy) is 1. The number of nitriles is 1. The number of halogens is 1. The molecule has 0 heterocycles. The number of nitrogens with zero attached hydrogens (tertiary/aromatic N) is 1. The predicted octanol–water partition coefficient (Wildman–Crippen LogP) is 0.837. The fourth-order valence-corrected chi connectivity index (χ4v) is 0.360. The van der Waals surface area contributed by atoms with Gasteiger partial charge in [-0.05, 0) is 0 Å². The van der Waals surface area contributed by atoms with Crippen molar-refractivity contribution in [1.82, 2.24) is 0 Å². The summed E-state index contributed by atoms with van der Waals surface area (Å²) in [4.78, 5) is 9.72. The topological polar surface area (TPSA) is 50.1 Å². The fraction of sp³-hybridized carbons (Fsp3) is 0.600. The number of carbonyl (C=O) groups is 1. The minimum Gasteiger partial charge on any atom is -0.464 e. The molecule has 9 heavy (non-hydrogen) atoms. The van der Waals surface area contributed by atoms with Gasteiger partial charge in [-0.25, -0.2) is 0 Å². The Balaban J connectivity index is 3.30. The Labute approximate surface area is 61.7 Å². The fourth-order valence-electron chi connectivity index (χ4n) is 0.228. The summed E-state index contributed by atoms with van der Waals surface area (Å²) < 4.78 is 4.49. The first-order chi connectivity index (χ1) is 4.16. The van der Waals surface area contributed by atoms with E-state index >= 15 is 0 Å². The zero-order valence-corrected chi connectivity index (χ0v) is 6.51. The zero-order chi connectivity index (χ0) is 7.28. The summed E-state index contributed by atoms with van der Waals surface area (Å²) in [7, 11) is 0. The van der Waals surface area contributed by atoms with Crippen LogP contribution < -0.4 is 0 Å². The van der Waals surface area contributed by atoms with Crippen LogP contribution in [-0.2, 0) is 9.53 Å². The molecule has 0 spiro atoms. The van der Waals surface area contributed by atoms with Crippen LogP contribution in [-0.4, -0.2) is 17.4 Å². The number of carbonyl (C=O) groups excluding carboxylic acids is 1. The summed E-state index contributed by atoms with van der Waals surface area (Å²) in [6, 6.07) is 1.86. The van der Waals surface area contributed by atoms with Gasteiger partial charge in [0.1, 0.15) is 11.4 Å². The van der Waals surface area contributed by atoms with Gasteiger partial charge in [0.15, 0.2) is 0 Å². The molecule has 0 bridgehead atoms. The second-order valence-corrected chi connectivity index (χ2v) is 2.50. The normalized spacial score (nSPS) is 11.7. The molecule has 0 aliphatic carbocycles. The van der Waals surface area contributed by atoms with E-state index in [0.29, 0.717) is 0 Å². The van der Waals surface area contributed by atoms with Gasteiger partial charge in [-0.2, -0.15) is 5.26 Å². The summed E-state index contributed by atoms with van der Waals surface area (Å²) in [5, 5.41) is 8.16. The maximum absolute atomic E-state index is 10.1. The molecule has 0 fully saturated rings. The molecule has 0 aliphatic rings. The van der Waals surface area contributed by atoms with E-state index in [0.717, 1.165) is 0 Å². The minimum absolute atomic E-state index is 0.117. The minimum atomic E-state index is -0.388. The molecule has 0 radical (unpaired) electrons. The first-order valence-corrected chi connectivity index (χ1v) is 3.25. The lowest BCUT2D eigenvalue weighted by Crippen LogP contribution is -2.08. The molecule has 0 saturated carbocycles. The van der Waals surface area contributed by atoms with Crippen LogP contribution in [0.1, 0.15) is 6.92 Å². The van der Waals surface area contributed by atoms with Crippen molar-refractivity contribution in [1.29, 1.82) is 5.26 Å². The average Bonchev–Trinajstić information content (AvgIpc) is 1.83. The van der Waals surface area contributed by atoms with Crippen LogP contribution in [0, 0.1) is 11.3 Å². The van der Waals surface area contributed by atoms with E-state index in [9.17, 15) is 4.79 Å². The molecule has 0 rings (SSSR count). The van der Waals surface area contributed by atoms with E-state index in [2.05, 4.69) is 20.7 Å². The highest BCUT2D eigenvalue weighted by atomic mass is 79.9. The van der Waals surface area contributed by atoms with Crippen molar-refractivity contribution in [3.05, 3.63) is 0 Å². The number of alkyl halides is 1. The van der Waals surface area contributed by atoms with Crippen molar-refractivity contribution in [2.24, 2.45) is 0 Å². The second kappa shape index (κ2) is 4.33. The first-order valence-electron chi connectivity index (χ1n) is 2.34. The third-order valence-corrected chi connectivity index (χ3v) is 1.04. The van der Waals surface area contributed by atoms with Crippen molar-refractivity contribution in [3.63, 3.8) is 0 Å². The Morgan fingerprint density at radius 2 is 2.56 bits per heavy atom. The molecule has 3 nitrogen and oxygen atoms in total.